The molecule has 1 N–H and O–H groups in total. The highest BCUT2D eigenvalue weighted by Crippen LogP contribution is 2.39. The molecule has 1 heterocycles. The van der Waals surface area contributed by atoms with Crippen molar-refractivity contribution in [1.82, 2.24) is 4.90 Å². The molecule has 0 saturated carbocycles. The first-order chi connectivity index (χ1) is 9.11. The van der Waals surface area contributed by atoms with Crippen LogP contribution in [0.3, 0.4) is 0 Å². The van der Waals surface area contributed by atoms with Crippen LogP contribution < -0.4 is 0 Å². The van der Waals surface area contributed by atoms with Crippen molar-refractivity contribution in [2.24, 2.45) is 10.8 Å². The van der Waals surface area contributed by atoms with Crippen LogP contribution in [0.1, 0.15) is 66.2 Å². The standard InChI is InChI=1S/C16H29NO3/c1-15(2,12-16(3,4)11-14(19)20)8-7-13(18)17-9-5-6-10-17/h5-12H2,1-4H3,(H,19,20). The number of amides is 1. The molecular weight excluding hydrogens is 254 g/mol. The number of hydrogen-bond donors (Lipinski definition) is 1. The topological polar surface area (TPSA) is 57.6 Å². The van der Waals surface area contributed by atoms with E-state index in [2.05, 4.69) is 13.8 Å². The van der Waals surface area contributed by atoms with Gasteiger partial charge in [0, 0.05) is 19.5 Å². The second-order valence-corrected chi connectivity index (χ2v) is 7.66. The fourth-order valence-corrected chi connectivity index (χ4v) is 3.43. The zero-order valence-electron chi connectivity index (χ0n) is 13.4. The molecule has 20 heavy (non-hydrogen) atoms. The third-order valence-electron chi connectivity index (χ3n) is 4.06. The Bertz CT molecular complexity index is 355. The van der Waals surface area contributed by atoms with E-state index in [1.54, 1.807) is 0 Å². The molecule has 0 aromatic rings. The number of rotatable bonds is 7. The van der Waals surface area contributed by atoms with Gasteiger partial charge < -0.3 is 10.0 Å². The Morgan fingerprint density at radius 1 is 1.05 bits per heavy atom. The number of nitrogens with zero attached hydrogens (tertiary/aromatic N) is 1. The highest BCUT2D eigenvalue weighted by molar-refractivity contribution is 5.76. The number of carboxylic acid groups (broad SMARTS) is 1. The minimum Gasteiger partial charge on any atom is -0.481 e. The van der Waals surface area contributed by atoms with Crippen LogP contribution in [0, 0.1) is 10.8 Å². The summed E-state index contributed by atoms with van der Waals surface area (Å²) in [7, 11) is 0. The summed E-state index contributed by atoms with van der Waals surface area (Å²) >= 11 is 0. The summed E-state index contributed by atoms with van der Waals surface area (Å²) in [6, 6.07) is 0. The Labute approximate surface area is 122 Å². The lowest BCUT2D eigenvalue weighted by atomic mass is 9.71. The van der Waals surface area contributed by atoms with Crippen molar-refractivity contribution in [3.8, 4) is 0 Å². The largest absolute Gasteiger partial charge is 0.481 e. The number of hydrogen-bond acceptors (Lipinski definition) is 2. The second kappa shape index (κ2) is 6.59. The van der Waals surface area contributed by atoms with Crippen molar-refractivity contribution in [2.45, 2.75) is 66.2 Å². The van der Waals surface area contributed by atoms with Crippen LogP contribution >= 0.6 is 0 Å². The Balaban J connectivity index is 2.43. The van der Waals surface area contributed by atoms with Crippen LogP contribution in [0.2, 0.25) is 0 Å². The molecule has 1 rings (SSSR count). The van der Waals surface area contributed by atoms with Gasteiger partial charge >= 0.3 is 5.97 Å². The predicted octanol–water partition coefficient (Wildman–Crippen LogP) is 3.31. The first-order valence-corrected chi connectivity index (χ1v) is 7.61. The zero-order chi connectivity index (χ0) is 15.4. The van der Waals surface area contributed by atoms with Crippen molar-refractivity contribution >= 4 is 11.9 Å². The van der Waals surface area contributed by atoms with E-state index in [-0.39, 0.29) is 23.2 Å². The van der Waals surface area contributed by atoms with Gasteiger partial charge in [-0.15, -0.1) is 0 Å². The van der Waals surface area contributed by atoms with Crippen LogP contribution in [0.15, 0.2) is 0 Å². The van der Waals surface area contributed by atoms with Gasteiger partial charge in [-0.3, -0.25) is 9.59 Å². The molecule has 0 spiro atoms. The maximum Gasteiger partial charge on any atom is 0.303 e. The van der Waals surface area contributed by atoms with E-state index in [9.17, 15) is 9.59 Å². The van der Waals surface area contributed by atoms with E-state index >= 15 is 0 Å². The van der Waals surface area contributed by atoms with E-state index in [0.717, 1.165) is 38.8 Å². The fraction of sp³-hybridized carbons (Fsp3) is 0.875. The van der Waals surface area contributed by atoms with Crippen LogP contribution in [0.4, 0.5) is 0 Å². The minimum atomic E-state index is -0.751. The summed E-state index contributed by atoms with van der Waals surface area (Å²) in [5.41, 5.74) is -0.236. The van der Waals surface area contributed by atoms with E-state index < -0.39 is 5.97 Å². The van der Waals surface area contributed by atoms with E-state index in [4.69, 9.17) is 5.11 Å². The second-order valence-electron chi connectivity index (χ2n) is 7.66. The van der Waals surface area contributed by atoms with Gasteiger partial charge in [-0.1, -0.05) is 27.7 Å². The highest BCUT2D eigenvalue weighted by Gasteiger charge is 2.31. The highest BCUT2D eigenvalue weighted by atomic mass is 16.4. The van der Waals surface area contributed by atoms with Gasteiger partial charge in [0.25, 0.3) is 0 Å². The maximum absolute atomic E-state index is 12.1. The molecule has 4 heteroatoms. The third-order valence-corrected chi connectivity index (χ3v) is 4.06. The minimum absolute atomic E-state index is 0.00562. The molecule has 0 atom stereocenters. The number of likely N-dealkylation sites (tertiary alicyclic amines) is 1. The van der Waals surface area contributed by atoms with Crippen molar-refractivity contribution in [3.63, 3.8) is 0 Å². The monoisotopic (exact) mass is 283 g/mol. The molecule has 0 aliphatic carbocycles. The summed E-state index contributed by atoms with van der Waals surface area (Å²) in [5.74, 6) is -0.495. The maximum atomic E-state index is 12.1. The van der Waals surface area contributed by atoms with Crippen LogP contribution in [0.5, 0.6) is 0 Å². The van der Waals surface area contributed by atoms with Gasteiger partial charge in [0.2, 0.25) is 5.91 Å². The van der Waals surface area contributed by atoms with Crippen LogP contribution in [0.25, 0.3) is 0 Å². The van der Waals surface area contributed by atoms with Gasteiger partial charge in [0.1, 0.15) is 0 Å². The molecule has 1 amide bonds. The van der Waals surface area contributed by atoms with Crippen molar-refractivity contribution in [2.75, 3.05) is 13.1 Å². The molecule has 0 aromatic heterocycles. The summed E-state index contributed by atoms with van der Waals surface area (Å²) in [4.78, 5) is 24.9. The molecule has 1 aliphatic heterocycles. The van der Waals surface area contributed by atoms with Crippen LogP contribution in [-0.2, 0) is 9.59 Å². The first kappa shape index (κ1) is 17.0. The van der Waals surface area contributed by atoms with Gasteiger partial charge in [0.05, 0.1) is 6.42 Å². The molecule has 1 saturated heterocycles. The number of carbonyl (C=O) groups excluding carboxylic acids is 1. The molecule has 1 fully saturated rings. The lowest BCUT2D eigenvalue weighted by molar-refractivity contribution is -0.140. The van der Waals surface area contributed by atoms with E-state index in [0.29, 0.717) is 6.42 Å². The smallest absolute Gasteiger partial charge is 0.303 e. The summed E-state index contributed by atoms with van der Waals surface area (Å²) in [6.07, 6.45) is 4.65. The molecule has 0 bridgehead atoms. The molecule has 116 valence electrons. The summed E-state index contributed by atoms with van der Waals surface area (Å²) in [5, 5.41) is 8.95. The molecule has 0 radical (unpaired) electrons. The average Bonchev–Trinajstić information content (AvgIpc) is 2.75. The third kappa shape index (κ3) is 5.93. The van der Waals surface area contributed by atoms with Gasteiger partial charge in [-0.2, -0.15) is 0 Å². The van der Waals surface area contributed by atoms with Crippen LogP contribution in [-0.4, -0.2) is 35.0 Å². The van der Waals surface area contributed by atoms with Gasteiger partial charge in [0.15, 0.2) is 0 Å². The summed E-state index contributed by atoms with van der Waals surface area (Å²) < 4.78 is 0. The Morgan fingerprint density at radius 2 is 1.60 bits per heavy atom. The molecule has 0 aromatic carbocycles. The number of aliphatic carboxylic acids is 1. The number of carboxylic acids is 1. The SMILES string of the molecule is CC(C)(CCC(=O)N1CCCC1)CC(C)(C)CC(=O)O. The first-order valence-electron chi connectivity index (χ1n) is 7.61. The fourth-order valence-electron chi connectivity index (χ4n) is 3.43. The molecule has 1 aliphatic rings. The van der Waals surface area contributed by atoms with E-state index in [1.807, 2.05) is 18.7 Å². The molecule has 4 nitrogen and oxygen atoms in total. The summed E-state index contributed by atoms with van der Waals surface area (Å²) in [6.45, 7) is 10.1. The average molecular weight is 283 g/mol. The Hall–Kier alpha value is -1.06. The Morgan fingerprint density at radius 3 is 2.10 bits per heavy atom. The normalized spacial score (nSPS) is 16.5. The number of carbonyl (C=O) groups is 2. The van der Waals surface area contributed by atoms with E-state index in [1.165, 1.54) is 0 Å². The van der Waals surface area contributed by atoms with Crippen molar-refractivity contribution in [1.29, 1.82) is 0 Å². The lowest BCUT2D eigenvalue weighted by Crippen LogP contribution is -2.30. The molecule has 0 unspecified atom stereocenters. The Kier molecular flexibility index (Phi) is 5.60. The predicted molar refractivity (Wildman–Crippen MR) is 79.5 cm³/mol. The quantitative estimate of drug-likeness (QED) is 0.780. The lowest BCUT2D eigenvalue weighted by Gasteiger charge is -2.34. The molecular formula is C16H29NO3. The van der Waals surface area contributed by atoms with Crippen molar-refractivity contribution in [3.05, 3.63) is 0 Å². The van der Waals surface area contributed by atoms with Gasteiger partial charge in [-0.05, 0) is 36.5 Å². The zero-order valence-corrected chi connectivity index (χ0v) is 13.4. The van der Waals surface area contributed by atoms with Gasteiger partial charge in [-0.25, -0.2) is 0 Å². The van der Waals surface area contributed by atoms with Crippen molar-refractivity contribution < 1.29 is 14.7 Å².